The van der Waals surface area contributed by atoms with Crippen LogP contribution in [-0.4, -0.2) is 76.7 Å². The second kappa shape index (κ2) is 9.05. The molecule has 1 spiro atoms. The molecular formula is C22H26ClFN4O4. The highest BCUT2D eigenvalue weighted by Gasteiger charge is 2.51. The molecule has 172 valence electrons. The van der Waals surface area contributed by atoms with Crippen LogP contribution in [0.4, 0.5) is 9.18 Å². The number of piperazine rings is 1. The zero-order valence-corrected chi connectivity index (χ0v) is 18.5. The standard InChI is InChI=1S/C22H26ClFN4O4/c23-17-14-15(24)4-5-16(17)19(30)27-12-10-26(11-13-27)18(29)6-9-28-20(31)22(25-21(28)32)7-2-1-3-8-22/h4-5,14H,1-3,6-13H2,(H,25,32). The Balaban J connectivity index is 1.28. The molecular weight excluding hydrogens is 439 g/mol. The van der Waals surface area contributed by atoms with Crippen molar-refractivity contribution in [2.75, 3.05) is 32.7 Å². The van der Waals surface area contributed by atoms with Crippen LogP contribution in [-0.2, 0) is 9.59 Å². The summed E-state index contributed by atoms with van der Waals surface area (Å²) in [5.74, 6) is -1.20. The lowest BCUT2D eigenvalue weighted by Crippen LogP contribution is -2.51. The van der Waals surface area contributed by atoms with Gasteiger partial charge in [0.25, 0.3) is 11.8 Å². The SMILES string of the molecule is O=C(CCN1C(=O)NC2(CCCCC2)C1=O)N1CCN(C(=O)c2ccc(F)cc2Cl)CC1. The van der Waals surface area contributed by atoms with Gasteiger partial charge in [0.1, 0.15) is 11.4 Å². The molecule has 2 heterocycles. The number of rotatable bonds is 4. The van der Waals surface area contributed by atoms with Gasteiger partial charge in [0.15, 0.2) is 0 Å². The Bertz CT molecular complexity index is 942. The Hall–Kier alpha value is -2.68. The molecule has 32 heavy (non-hydrogen) atoms. The average molecular weight is 465 g/mol. The number of imide groups is 1. The summed E-state index contributed by atoms with van der Waals surface area (Å²) in [5.41, 5.74) is -0.561. The van der Waals surface area contributed by atoms with Gasteiger partial charge in [0.2, 0.25) is 5.91 Å². The first kappa shape index (κ1) is 22.5. The Morgan fingerprint density at radius 3 is 2.34 bits per heavy atom. The van der Waals surface area contributed by atoms with Crippen molar-refractivity contribution < 1.29 is 23.6 Å². The highest BCUT2D eigenvalue weighted by Crippen LogP contribution is 2.33. The molecule has 1 N–H and O–H groups in total. The Labute approximate surface area is 190 Å². The normalized spacial score (nSPS) is 20.6. The minimum absolute atomic E-state index is 0.0486. The molecule has 8 nitrogen and oxygen atoms in total. The van der Waals surface area contributed by atoms with Crippen LogP contribution in [0.25, 0.3) is 0 Å². The van der Waals surface area contributed by atoms with Gasteiger partial charge in [-0.3, -0.25) is 19.3 Å². The molecule has 2 saturated heterocycles. The molecule has 0 atom stereocenters. The van der Waals surface area contributed by atoms with E-state index in [1.165, 1.54) is 17.0 Å². The fraction of sp³-hybridized carbons (Fsp3) is 0.545. The largest absolute Gasteiger partial charge is 0.339 e. The number of carbonyl (C=O) groups is 4. The molecule has 0 unspecified atom stereocenters. The van der Waals surface area contributed by atoms with Crippen molar-refractivity contribution in [3.05, 3.63) is 34.6 Å². The van der Waals surface area contributed by atoms with Crippen molar-refractivity contribution in [3.63, 3.8) is 0 Å². The predicted octanol–water partition coefficient (Wildman–Crippen LogP) is 2.41. The van der Waals surface area contributed by atoms with Gasteiger partial charge in [-0.15, -0.1) is 0 Å². The van der Waals surface area contributed by atoms with Gasteiger partial charge >= 0.3 is 6.03 Å². The predicted molar refractivity (Wildman–Crippen MR) is 115 cm³/mol. The molecule has 4 rings (SSSR count). The third-order valence-corrected chi connectivity index (χ3v) is 6.90. The minimum Gasteiger partial charge on any atom is -0.339 e. The van der Waals surface area contributed by atoms with E-state index in [-0.39, 0.29) is 41.3 Å². The second-order valence-electron chi connectivity index (χ2n) is 8.58. The number of carbonyl (C=O) groups excluding carboxylic acids is 4. The third-order valence-electron chi connectivity index (χ3n) is 6.58. The van der Waals surface area contributed by atoms with Crippen molar-refractivity contribution in [3.8, 4) is 0 Å². The topological polar surface area (TPSA) is 90.0 Å². The average Bonchev–Trinajstić information content (AvgIpc) is 3.01. The first-order valence-electron chi connectivity index (χ1n) is 11.0. The van der Waals surface area contributed by atoms with E-state index in [0.717, 1.165) is 25.3 Å². The molecule has 1 saturated carbocycles. The van der Waals surface area contributed by atoms with Crippen molar-refractivity contribution in [2.45, 2.75) is 44.1 Å². The van der Waals surface area contributed by atoms with E-state index in [9.17, 15) is 23.6 Å². The number of hydrogen-bond donors (Lipinski definition) is 1. The quantitative estimate of drug-likeness (QED) is 0.693. The third kappa shape index (κ3) is 4.30. The smallest absolute Gasteiger partial charge is 0.325 e. The van der Waals surface area contributed by atoms with Gasteiger partial charge in [-0.2, -0.15) is 0 Å². The van der Waals surface area contributed by atoms with Crippen molar-refractivity contribution >= 4 is 35.4 Å². The van der Waals surface area contributed by atoms with Gasteiger partial charge in [-0.1, -0.05) is 30.9 Å². The van der Waals surface area contributed by atoms with Crippen LogP contribution in [0.1, 0.15) is 48.9 Å². The van der Waals surface area contributed by atoms with E-state index < -0.39 is 17.4 Å². The van der Waals surface area contributed by atoms with Crippen LogP contribution in [0.5, 0.6) is 0 Å². The van der Waals surface area contributed by atoms with E-state index >= 15 is 0 Å². The molecule has 2 aliphatic heterocycles. The second-order valence-corrected chi connectivity index (χ2v) is 8.98. The monoisotopic (exact) mass is 464 g/mol. The Morgan fingerprint density at radius 1 is 1.03 bits per heavy atom. The van der Waals surface area contributed by atoms with E-state index in [2.05, 4.69) is 5.32 Å². The molecule has 10 heteroatoms. The molecule has 3 fully saturated rings. The molecule has 0 radical (unpaired) electrons. The number of nitrogens with zero attached hydrogens (tertiary/aromatic N) is 3. The summed E-state index contributed by atoms with van der Waals surface area (Å²) in [6.45, 7) is 1.38. The number of urea groups is 1. The van der Waals surface area contributed by atoms with Gasteiger partial charge < -0.3 is 15.1 Å². The maximum absolute atomic E-state index is 13.2. The summed E-state index contributed by atoms with van der Waals surface area (Å²) in [7, 11) is 0. The van der Waals surface area contributed by atoms with Crippen LogP contribution in [0, 0.1) is 5.82 Å². The zero-order valence-electron chi connectivity index (χ0n) is 17.7. The first-order valence-corrected chi connectivity index (χ1v) is 11.3. The summed E-state index contributed by atoms with van der Waals surface area (Å²) in [4.78, 5) is 54.9. The van der Waals surface area contributed by atoms with Crippen molar-refractivity contribution in [2.24, 2.45) is 0 Å². The van der Waals surface area contributed by atoms with Crippen LogP contribution < -0.4 is 5.32 Å². The number of halogens is 2. The maximum Gasteiger partial charge on any atom is 0.325 e. The molecule has 5 amide bonds. The zero-order chi connectivity index (χ0) is 22.9. The maximum atomic E-state index is 13.2. The van der Waals surface area contributed by atoms with Crippen molar-refractivity contribution in [1.29, 1.82) is 0 Å². The fourth-order valence-electron chi connectivity index (χ4n) is 4.73. The summed E-state index contributed by atoms with van der Waals surface area (Å²) in [6.07, 6.45) is 4.22. The summed E-state index contributed by atoms with van der Waals surface area (Å²) < 4.78 is 13.2. The lowest BCUT2D eigenvalue weighted by molar-refractivity contribution is -0.135. The summed E-state index contributed by atoms with van der Waals surface area (Å²) in [5, 5.41) is 2.90. The highest BCUT2D eigenvalue weighted by molar-refractivity contribution is 6.33. The van der Waals surface area contributed by atoms with E-state index in [4.69, 9.17) is 11.6 Å². The highest BCUT2D eigenvalue weighted by atomic mass is 35.5. The Morgan fingerprint density at radius 2 is 1.69 bits per heavy atom. The summed E-state index contributed by atoms with van der Waals surface area (Å²) >= 11 is 5.99. The van der Waals surface area contributed by atoms with Crippen LogP contribution in [0.3, 0.4) is 0 Å². The van der Waals surface area contributed by atoms with Gasteiger partial charge in [0, 0.05) is 39.1 Å². The Kier molecular flexibility index (Phi) is 6.37. The molecule has 0 aromatic heterocycles. The summed E-state index contributed by atoms with van der Waals surface area (Å²) in [6, 6.07) is 3.22. The molecule has 0 bridgehead atoms. The fourth-order valence-corrected chi connectivity index (χ4v) is 4.98. The van der Waals surface area contributed by atoms with E-state index in [1.807, 2.05) is 0 Å². The van der Waals surface area contributed by atoms with Gasteiger partial charge in [-0.25, -0.2) is 9.18 Å². The van der Waals surface area contributed by atoms with Crippen LogP contribution in [0.2, 0.25) is 5.02 Å². The number of nitrogens with one attached hydrogen (secondary N) is 1. The van der Waals surface area contributed by atoms with Crippen LogP contribution >= 0.6 is 11.6 Å². The van der Waals surface area contributed by atoms with E-state index in [0.29, 0.717) is 39.0 Å². The lowest BCUT2D eigenvalue weighted by atomic mass is 9.82. The molecule has 1 aromatic rings. The molecule has 1 aliphatic carbocycles. The molecule has 1 aromatic carbocycles. The van der Waals surface area contributed by atoms with Gasteiger partial charge in [0.05, 0.1) is 10.6 Å². The first-order chi connectivity index (χ1) is 15.3. The van der Waals surface area contributed by atoms with Gasteiger partial charge in [-0.05, 0) is 31.0 Å². The molecule has 3 aliphatic rings. The number of amides is 5. The van der Waals surface area contributed by atoms with Crippen LogP contribution in [0.15, 0.2) is 18.2 Å². The van der Waals surface area contributed by atoms with Crippen molar-refractivity contribution in [1.82, 2.24) is 20.0 Å². The number of benzene rings is 1. The lowest BCUT2D eigenvalue weighted by Gasteiger charge is -2.35. The number of hydrogen-bond acceptors (Lipinski definition) is 4. The van der Waals surface area contributed by atoms with E-state index in [1.54, 1.807) is 9.80 Å². The minimum atomic E-state index is -0.786.